The lowest BCUT2D eigenvalue weighted by Crippen LogP contribution is -2.45. The molecule has 7 heteroatoms. The summed E-state index contributed by atoms with van der Waals surface area (Å²) in [6.07, 6.45) is 2.29. The van der Waals surface area contributed by atoms with Crippen LogP contribution < -0.4 is 10.6 Å². The third kappa shape index (κ3) is 5.77. The van der Waals surface area contributed by atoms with Gasteiger partial charge in [-0.05, 0) is 37.0 Å². The molecule has 1 aliphatic rings. The predicted octanol–water partition coefficient (Wildman–Crippen LogP) is 2.43. The van der Waals surface area contributed by atoms with Gasteiger partial charge >= 0.3 is 12.0 Å². The van der Waals surface area contributed by atoms with Crippen LogP contribution >= 0.6 is 0 Å². The van der Waals surface area contributed by atoms with Gasteiger partial charge in [0.2, 0.25) is 5.91 Å². The lowest BCUT2D eigenvalue weighted by Gasteiger charge is -2.30. The molecule has 1 heterocycles. The number of carbonyl (C=O) groups excluding carboxylic acids is 2. The molecule has 3 N–H and O–H groups in total. The molecule has 0 aromatic heterocycles. The van der Waals surface area contributed by atoms with Gasteiger partial charge in [0.25, 0.3) is 0 Å². The molecule has 0 saturated carbocycles. The van der Waals surface area contributed by atoms with E-state index in [9.17, 15) is 14.4 Å². The van der Waals surface area contributed by atoms with Crippen molar-refractivity contribution in [3.05, 3.63) is 29.8 Å². The minimum atomic E-state index is -0.786. The van der Waals surface area contributed by atoms with Gasteiger partial charge in [0, 0.05) is 31.7 Å². The molecular weight excluding hydrogens is 322 g/mol. The second kappa shape index (κ2) is 9.05. The summed E-state index contributed by atoms with van der Waals surface area (Å²) in [4.78, 5) is 36.3. The van der Waals surface area contributed by atoms with Crippen LogP contribution in [-0.2, 0) is 16.1 Å². The molecule has 136 valence electrons. The van der Waals surface area contributed by atoms with Crippen molar-refractivity contribution in [1.82, 2.24) is 10.2 Å². The number of carboxylic acids is 1. The average Bonchev–Trinajstić information content (AvgIpc) is 2.61. The van der Waals surface area contributed by atoms with Crippen molar-refractivity contribution in [1.29, 1.82) is 0 Å². The van der Waals surface area contributed by atoms with E-state index in [4.69, 9.17) is 5.11 Å². The van der Waals surface area contributed by atoms with Gasteiger partial charge in [-0.2, -0.15) is 0 Å². The Morgan fingerprint density at radius 3 is 2.36 bits per heavy atom. The van der Waals surface area contributed by atoms with Gasteiger partial charge in [0.15, 0.2) is 0 Å². The largest absolute Gasteiger partial charge is 0.481 e. The van der Waals surface area contributed by atoms with Gasteiger partial charge in [-0.1, -0.05) is 19.1 Å². The first-order chi connectivity index (χ1) is 12.0. The van der Waals surface area contributed by atoms with Crippen molar-refractivity contribution < 1.29 is 19.5 Å². The van der Waals surface area contributed by atoms with Crippen LogP contribution in [0.1, 0.15) is 38.2 Å². The molecule has 1 aliphatic heterocycles. The number of nitrogens with one attached hydrogen (secondary N) is 2. The van der Waals surface area contributed by atoms with Crippen molar-refractivity contribution in [3.8, 4) is 0 Å². The standard InChI is InChI=1S/C18H25N3O4/c1-2-3-16(22)20-15-6-4-13(5-7-15)12-19-18(25)21-10-8-14(9-11-21)17(23)24/h4-7,14H,2-3,8-12H2,1H3,(H,19,25)(H,20,22)(H,23,24). The summed E-state index contributed by atoms with van der Waals surface area (Å²) >= 11 is 0. The molecule has 1 aromatic carbocycles. The summed E-state index contributed by atoms with van der Waals surface area (Å²) in [5.74, 6) is -1.14. The summed E-state index contributed by atoms with van der Waals surface area (Å²) in [7, 11) is 0. The van der Waals surface area contributed by atoms with Crippen LogP contribution in [-0.4, -0.2) is 41.0 Å². The van der Waals surface area contributed by atoms with Gasteiger partial charge in [0.1, 0.15) is 0 Å². The molecule has 25 heavy (non-hydrogen) atoms. The first-order valence-electron chi connectivity index (χ1n) is 8.64. The van der Waals surface area contributed by atoms with Gasteiger partial charge in [-0.3, -0.25) is 9.59 Å². The molecule has 0 radical (unpaired) electrons. The highest BCUT2D eigenvalue weighted by molar-refractivity contribution is 5.90. The number of carboxylic acid groups (broad SMARTS) is 1. The zero-order valence-corrected chi connectivity index (χ0v) is 14.5. The summed E-state index contributed by atoms with van der Waals surface area (Å²) in [6, 6.07) is 7.17. The van der Waals surface area contributed by atoms with Crippen molar-refractivity contribution >= 4 is 23.6 Å². The highest BCUT2D eigenvalue weighted by Gasteiger charge is 2.26. The van der Waals surface area contributed by atoms with Crippen LogP contribution in [0.3, 0.4) is 0 Å². The SMILES string of the molecule is CCCC(=O)Nc1ccc(CNC(=O)N2CCC(C(=O)O)CC2)cc1. The van der Waals surface area contributed by atoms with Crippen LogP contribution in [0.2, 0.25) is 0 Å². The number of urea groups is 1. The number of amides is 3. The van der Waals surface area contributed by atoms with E-state index in [0.29, 0.717) is 38.9 Å². The molecule has 2 rings (SSSR count). The number of piperidine rings is 1. The number of nitrogens with zero attached hydrogens (tertiary/aromatic N) is 1. The van der Waals surface area contributed by atoms with Gasteiger partial charge in [0.05, 0.1) is 5.92 Å². The fourth-order valence-electron chi connectivity index (χ4n) is 2.78. The van der Waals surface area contributed by atoms with E-state index in [1.165, 1.54) is 0 Å². The maximum absolute atomic E-state index is 12.1. The third-order valence-corrected chi connectivity index (χ3v) is 4.29. The van der Waals surface area contributed by atoms with Gasteiger partial charge < -0.3 is 20.6 Å². The van der Waals surface area contributed by atoms with E-state index in [0.717, 1.165) is 17.7 Å². The molecule has 7 nitrogen and oxygen atoms in total. The number of hydrogen-bond donors (Lipinski definition) is 3. The lowest BCUT2D eigenvalue weighted by atomic mass is 9.97. The first kappa shape index (κ1) is 18.8. The Labute approximate surface area is 147 Å². The molecule has 3 amide bonds. The number of hydrogen-bond acceptors (Lipinski definition) is 3. The Morgan fingerprint density at radius 2 is 1.80 bits per heavy atom. The Hall–Kier alpha value is -2.57. The van der Waals surface area contributed by atoms with E-state index in [-0.39, 0.29) is 17.9 Å². The normalized spacial score (nSPS) is 14.8. The topological polar surface area (TPSA) is 98.7 Å². The molecule has 0 atom stereocenters. The molecule has 0 aliphatic carbocycles. The Bertz CT molecular complexity index is 607. The first-order valence-corrected chi connectivity index (χ1v) is 8.64. The molecule has 1 aromatic rings. The third-order valence-electron chi connectivity index (χ3n) is 4.29. The van der Waals surface area contributed by atoms with Gasteiger partial charge in [-0.15, -0.1) is 0 Å². The van der Waals surface area contributed by atoms with Crippen LogP contribution in [0.15, 0.2) is 24.3 Å². The zero-order chi connectivity index (χ0) is 18.2. The quantitative estimate of drug-likeness (QED) is 0.736. The maximum atomic E-state index is 12.1. The van der Waals surface area contributed by atoms with Crippen molar-refractivity contribution in [2.45, 2.75) is 39.2 Å². The minimum Gasteiger partial charge on any atom is -0.481 e. The van der Waals surface area contributed by atoms with Crippen LogP contribution in [0.4, 0.5) is 10.5 Å². The summed E-state index contributed by atoms with van der Waals surface area (Å²) < 4.78 is 0. The zero-order valence-electron chi connectivity index (χ0n) is 14.5. The molecule has 0 spiro atoms. The number of rotatable bonds is 6. The monoisotopic (exact) mass is 347 g/mol. The molecule has 1 fully saturated rings. The average molecular weight is 347 g/mol. The van der Waals surface area contributed by atoms with Crippen LogP contribution in [0.25, 0.3) is 0 Å². The van der Waals surface area contributed by atoms with Crippen LogP contribution in [0, 0.1) is 5.92 Å². The van der Waals surface area contributed by atoms with Crippen molar-refractivity contribution in [3.63, 3.8) is 0 Å². The second-order valence-electron chi connectivity index (χ2n) is 6.25. The Balaban J connectivity index is 1.76. The van der Waals surface area contributed by atoms with Crippen LogP contribution in [0.5, 0.6) is 0 Å². The second-order valence-corrected chi connectivity index (χ2v) is 6.25. The summed E-state index contributed by atoms with van der Waals surface area (Å²) in [5.41, 5.74) is 1.67. The van der Waals surface area contributed by atoms with Crippen molar-refractivity contribution in [2.24, 2.45) is 5.92 Å². The number of carbonyl (C=O) groups is 3. The maximum Gasteiger partial charge on any atom is 0.317 e. The fourth-order valence-corrected chi connectivity index (χ4v) is 2.78. The minimum absolute atomic E-state index is 0.00619. The Kier molecular flexibility index (Phi) is 6.80. The highest BCUT2D eigenvalue weighted by Crippen LogP contribution is 2.17. The number of benzene rings is 1. The summed E-state index contributed by atoms with van der Waals surface area (Å²) in [5, 5.41) is 14.6. The number of likely N-dealkylation sites (tertiary alicyclic amines) is 1. The predicted molar refractivity (Wildman–Crippen MR) is 94.1 cm³/mol. The van der Waals surface area contributed by atoms with E-state index in [1.54, 1.807) is 4.90 Å². The van der Waals surface area contributed by atoms with E-state index < -0.39 is 5.97 Å². The summed E-state index contributed by atoms with van der Waals surface area (Å²) in [6.45, 7) is 3.27. The number of anilines is 1. The van der Waals surface area contributed by atoms with E-state index in [2.05, 4.69) is 10.6 Å². The molecule has 0 unspecified atom stereocenters. The Morgan fingerprint density at radius 1 is 1.16 bits per heavy atom. The smallest absolute Gasteiger partial charge is 0.317 e. The molecule has 1 saturated heterocycles. The molecule has 0 bridgehead atoms. The fraction of sp³-hybridized carbons (Fsp3) is 0.500. The molecular formula is C18H25N3O4. The number of aliphatic carboxylic acids is 1. The van der Waals surface area contributed by atoms with Crippen molar-refractivity contribution in [2.75, 3.05) is 18.4 Å². The lowest BCUT2D eigenvalue weighted by molar-refractivity contribution is -0.143. The highest BCUT2D eigenvalue weighted by atomic mass is 16.4. The van der Waals surface area contributed by atoms with E-state index >= 15 is 0 Å². The van der Waals surface area contributed by atoms with Gasteiger partial charge in [-0.25, -0.2) is 4.79 Å². The van der Waals surface area contributed by atoms with E-state index in [1.807, 2.05) is 31.2 Å².